The minimum absolute atomic E-state index is 0.247. The molecule has 0 spiro atoms. The van der Waals surface area contributed by atoms with Gasteiger partial charge in [0.15, 0.2) is 0 Å². The monoisotopic (exact) mass is 354 g/mol. The molecule has 0 heterocycles. The number of hydrogen-bond acceptors (Lipinski definition) is 4. The summed E-state index contributed by atoms with van der Waals surface area (Å²) < 4.78 is 9.87. The Hall–Kier alpha value is -3.02. The number of nitrogens with one attached hydrogen (secondary N) is 2. The second-order valence-corrected chi connectivity index (χ2v) is 5.91. The van der Waals surface area contributed by atoms with Crippen molar-refractivity contribution in [2.75, 3.05) is 13.2 Å². The van der Waals surface area contributed by atoms with Crippen LogP contribution in [-0.4, -0.2) is 25.4 Å². The van der Waals surface area contributed by atoms with Gasteiger partial charge in [-0.2, -0.15) is 0 Å². The standard InChI is InChI=1S/C20H22N2O4/c1-3-25-19(23)21-18(22-20(24)26-4-2)14-9-10-17-15(12-14)11-13-7-5-6-8-16(13)17/h5-10,12,18H,3-4,11H2,1-2H3,(H,21,23)(H,22,24). The number of benzene rings is 2. The molecule has 0 atom stereocenters. The van der Waals surface area contributed by atoms with E-state index in [0.717, 1.165) is 17.5 Å². The molecule has 6 nitrogen and oxygen atoms in total. The van der Waals surface area contributed by atoms with E-state index in [1.54, 1.807) is 13.8 Å². The van der Waals surface area contributed by atoms with Gasteiger partial charge in [0.1, 0.15) is 6.17 Å². The number of fused-ring (bicyclic) bond motifs is 3. The quantitative estimate of drug-likeness (QED) is 0.684. The lowest BCUT2D eigenvalue weighted by Crippen LogP contribution is -2.41. The maximum absolute atomic E-state index is 11.9. The first-order chi connectivity index (χ1) is 12.6. The van der Waals surface area contributed by atoms with Crippen LogP contribution >= 0.6 is 0 Å². The van der Waals surface area contributed by atoms with Crippen LogP contribution in [0.2, 0.25) is 0 Å². The largest absolute Gasteiger partial charge is 0.450 e. The highest BCUT2D eigenvalue weighted by Gasteiger charge is 2.23. The molecule has 6 heteroatoms. The second-order valence-electron chi connectivity index (χ2n) is 5.91. The van der Waals surface area contributed by atoms with Crippen molar-refractivity contribution in [3.63, 3.8) is 0 Å². The normalized spacial score (nSPS) is 11.5. The van der Waals surface area contributed by atoms with E-state index in [2.05, 4.69) is 22.8 Å². The maximum Gasteiger partial charge on any atom is 0.409 e. The summed E-state index contributed by atoms with van der Waals surface area (Å²) in [6.07, 6.45) is -1.11. The molecule has 0 aliphatic heterocycles. The van der Waals surface area contributed by atoms with Crippen LogP contribution in [0.5, 0.6) is 0 Å². The van der Waals surface area contributed by atoms with E-state index in [4.69, 9.17) is 9.47 Å². The lowest BCUT2D eigenvalue weighted by atomic mass is 10.0. The highest BCUT2D eigenvalue weighted by molar-refractivity contribution is 5.77. The Labute approximate surface area is 152 Å². The Balaban J connectivity index is 1.85. The van der Waals surface area contributed by atoms with Crippen molar-refractivity contribution >= 4 is 12.2 Å². The third-order valence-electron chi connectivity index (χ3n) is 4.23. The van der Waals surface area contributed by atoms with Crippen LogP contribution in [0.4, 0.5) is 9.59 Å². The van der Waals surface area contributed by atoms with Gasteiger partial charge in [-0.25, -0.2) is 9.59 Å². The Kier molecular flexibility index (Phi) is 5.41. The van der Waals surface area contributed by atoms with Crippen molar-refractivity contribution in [3.8, 4) is 11.1 Å². The van der Waals surface area contributed by atoms with Gasteiger partial charge in [0, 0.05) is 0 Å². The number of amides is 2. The molecule has 0 fully saturated rings. The summed E-state index contributed by atoms with van der Waals surface area (Å²) in [7, 11) is 0. The predicted octanol–water partition coefficient (Wildman–Crippen LogP) is 3.75. The van der Waals surface area contributed by atoms with Crippen LogP contribution in [0.25, 0.3) is 11.1 Å². The fraction of sp³-hybridized carbons (Fsp3) is 0.300. The van der Waals surface area contributed by atoms with Gasteiger partial charge >= 0.3 is 12.2 Å². The Morgan fingerprint density at radius 2 is 1.54 bits per heavy atom. The summed E-state index contributed by atoms with van der Waals surface area (Å²) in [5, 5.41) is 5.33. The average Bonchev–Trinajstić information content (AvgIpc) is 2.99. The third kappa shape index (κ3) is 3.79. The number of carbonyl (C=O) groups is 2. The van der Waals surface area contributed by atoms with Gasteiger partial charge in [0.05, 0.1) is 13.2 Å². The lowest BCUT2D eigenvalue weighted by Gasteiger charge is -2.20. The van der Waals surface area contributed by atoms with Crippen molar-refractivity contribution < 1.29 is 19.1 Å². The average molecular weight is 354 g/mol. The zero-order valence-electron chi connectivity index (χ0n) is 14.9. The molecule has 0 saturated heterocycles. The first kappa shape index (κ1) is 17.8. The SMILES string of the molecule is CCOC(=O)NC(NC(=O)OCC)c1ccc2c(c1)Cc1ccccc1-2. The number of hydrogen-bond donors (Lipinski definition) is 2. The van der Waals surface area contributed by atoms with Crippen molar-refractivity contribution in [2.24, 2.45) is 0 Å². The van der Waals surface area contributed by atoms with Gasteiger partial charge in [-0.05, 0) is 48.1 Å². The molecule has 0 unspecified atom stereocenters. The molecular weight excluding hydrogens is 332 g/mol. The second kappa shape index (κ2) is 7.91. The molecule has 1 aliphatic rings. The first-order valence-corrected chi connectivity index (χ1v) is 8.70. The molecule has 26 heavy (non-hydrogen) atoms. The minimum atomic E-state index is -0.734. The van der Waals surface area contributed by atoms with Gasteiger partial charge in [-0.3, -0.25) is 10.6 Å². The van der Waals surface area contributed by atoms with Crippen LogP contribution in [0, 0.1) is 0 Å². The van der Waals surface area contributed by atoms with Gasteiger partial charge in [0.2, 0.25) is 0 Å². The third-order valence-corrected chi connectivity index (χ3v) is 4.23. The van der Waals surface area contributed by atoms with Gasteiger partial charge in [0.25, 0.3) is 0 Å². The molecule has 136 valence electrons. The molecule has 1 aliphatic carbocycles. The highest BCUT2D eigenvalue weighted by atomic mass is 16.6. The van der Waals surface area contributed by atoms with E-state index in [-0.39, 0.29) is 13.2 Å². The van der Waals surface area contributed by atoms with Crippen LogP contribution in [-0.2, 0) is 15.9 Å². The van der Waals surface area contributed by atoms with E-state index < -0.39 is 18.4 Å². The molecule has 0 radical (unpaired) electrons. The zero-order chi connectivity index (χ0) is 18.5. The topological polar surface area (TPSA) is 76.7 Å². The molecule has 2 aromatic rings. The first-order valence-electron chi connectivity index (χ1n) is 8.70. The van der Waals surface area contributed by atoms with Crippen molar-refractivity contribution in [2.45, 2.75) is 26.4 Å². The molecule has 2 N–H and O–H groups in total. The van der Waals surface area contributed by atoms with Crippen LogP contribution in [0.15, 0.2) is 42.5 Å². The number of carbonyl (C=O) groups excluding carboxylic acids is 2. The smallest absolute Gasteiger partial charge is 0.409 e. The summed E-state index contributed by atoms with van der Waals surface area (Å²) >= 11 is 0. The van der Waals surface area contributed by atoms with Gasteiger partial charge in [-0.15, -0.1) is 0 Å². The van der Waals surface area contributed by atoms with E-state index in [1.165, 1.54) is 16.7 Å². The van der Waals surface area contributed by atoms with E-state index >= 15 is 0 Å². The fourth-order valence-corrected chi connectivity index (χ4v) is 3.13. The van der Waals surface area contributed by atoms with E-state index in [9.17, 15) is 9.59 Å². The molecule has 0 aromatic heterocycles. The maximum atomic E-state index is 11.9. The van der Waals surface area contributed by atoms with Crippen LogP contribution in [0.3, 0.4) is 0 Å². The van der Waals surface area contributed by atoms with E-state index in [0.29, 0.717) is 0 Å². The molecule has 2 amide bonds. The Bertz CT molecular complexity index is 799. The lowest BCUT2D eigenvalue weighted by molar-refractivity contribution is 0.135. The molecule has 2 aromatic carbocycles. The summed E-state index contributed by atoms with van der Waals surface area (Å²) in [5.41, 5.74) is 5.59. The molecule has 0 saturated carbocycles. The van der Waals surface area contributed by atoms with Gasteiger partial charge in [-0.1, -0.05) is 42.5 Å². The summed E-state index contributed by atoms with van der Waals surface area (Å²) in [6, 6.07) is 14.2. The zero-order valence-corrected chi connectivity index (χ0v) is 14.9. The highest BCUT2D eigenvalue weighted by Crippen LogP contribution is 2.37. The van der Waals surface area contributed by atoms with Crippen molar-refractivity contribution in [1.29, 1.82) is 0 Å². The fourth-order valence-electron chi connectivity index (χ4n) is 3.13. The summed E-state index contributed by atoms with van der Waals surface area (Å²) in [5.74, 6) is 0. The van der Waals surface area contributed by atoms with Gasteiger partial charge < -0.3 is 9.47 Å². The van der Waals surface area contributed by atoms with E-state index in [1.807, 2.05) is 30.3 Å². The summed E-state index contributed by atoms with van der Waals surface area (Å²) in [6.45, 7) is 3.94. The van der Waals surface area contributed by atoms with Crippen LogP contribution in [0.1, 0.15) is 36.7 Å². The van der Waals surface area contributed by atoms with Crippen molar-refractivity contribution in [3.05, 3.63) is 59.2 Å². The molecule has 0 bridgehead atoms. The summed E-state index contributed by atoms with van der Waals surface area (Å²) in [4.78, 5) is 23.7. The van der Waals surface area contributed by atoms with Crippen molar-refractivity contribution in [1.82, 2.24) is 10.6 Å². The number of ether oxygens (including phenoxy) is 2. The Morgan fingerprint density at radius 1 is 0.923 bits per heavy atom. The Morgan fingerprint density at radius 3 is 2.19 bits per heavy atom. The minimum Gasteiger partial charge on any atom is -0.450 e. The van der Waals surface area contributed by atoms with Crippen LogP contribution < -0.4 is 10.6 Å². The number of rotatable bonds is 5. The molecule has 3 rings (SSSR count). The predicted molar refractivity (Wildman–Crippen MR) is 97.7 cm³/mol. The molecular formula is C20H22N2O4. The number of alkyl carbamates (subject to hydrolysis) is 2.